The maximum atomic E-state index is 14.0. The maximum absolute atomic E-state index is 14.0. The summed E-state index contributed by atoms with van der Waals surface area (Å²) in [6.45, 7) is 6.86. The first-order valence-electron chi connectivity index (χ1n) is 10.4. The number of fused-ring (bicyclic) bond motifs is 1. The zero-order chi connectivity index (χ0) is 22.7. The van der Waals surface area contributed by atoms with Gasteiger partial charge < -0.3 is 9.64 Å². The standard InChI is InChI=1S/C24H27FN2O4/c1-5-26(14-16-6-9-21(31-4)20(25)12-16)22(28)17-7-8-18-19(13-17)24(30)27(23(18)29)11-10-15(2)3/h6-9,12-13,15H,5,10-11,14H2,1-4H3. The Morgan fingerprint density at radius 1 is 1.10 bits per heavy atom. The molecule has 3 rings (SSSR count). The number of carbonyl (C=O) groups excluding carboxylic acids is 3. The Bertz CT molecular complexity index is 1020. The SMILES string of the molecule is CCN(Cc1ccc(OC)c(F)c1)C(=O)c1ccc2c(c1)C(=O)N(CCC(C)C)C2=O. The molecular weight excluding hydrogens is 399 g/mol. The Kier molecular flexibility index (Phi) is 6.73. The van der Waals surface area contributed by atoms with Gasteiger partial charge in [0.15, 0.2) is 11.6 Å². The summed E-state index contributed by atoms with van der Waals surface area (Å²) in [6.07, 6.45) is 0.722. The second-order valence-corrected chi connectivity index (χ2v) is 7.99. The van der Waals surface area contributed by atoms with Crippen LogP contribution >= 0.6 is 0 Å². The van der Waals surface area contributed by atoms with Crippen molar-refractivity contribution in [2.45, 2.75) is 33.7 Å². The molecule has 0 bridgehead atoms. The molecule has 0 saturated heterocycles. The molecule has 0 atom stereocenters. The number of hydrogen-bond acceptors (Lipinski definition) is 4. The first kappa shape index (κ1) is 22.5. The quantitative estimate of drug-likeness (QED) is 0.595. The number of hydrogen-bond donors (Lipinski definition) is 0. The van der Waals surface area contributed by atoms with Crippen LogP contribution in [0.15, 0.2) is 36.4 Å². The van der Waals surface area contributed by atoms with E-state index < -0.39 is 5.82 Å². The molecule has 2 aromatic rings. The molecule has 0 N–H and O–H groups in total. The van der Waals surface area contributed by atoms with Crippen LogP contribution in [-0.4, -0.2) is 47.7 Å². The van der Waals surface area contributed by atoms with Crippen molar-refractivity contribution >= 4 is 17.7 Å². The highest BCUT2D eigenvalue weighted by Crippen LogP contribution is 2.26. The number of imide groups is 1. The second-order valence-electron chi connectivity index (χ2n) is 7.99. The van der Waals surface area contributed by atoms with E-state index in [2.05, 4.69) is 0 Å². The van der Waals surface area contributed by atoms with E-state index in [4.69, 9.17) is 4.74 Å². The molecule has 31 heavy (non-hydrogen) atoms. The minimum Gasteiger partial charge on any atom is -0.494 e. The smallest absolute Gasteiger partial charge is 0.261 e. The van der Waals surface area contributed by atoms with E-state index in [-0.39, 0.29) is 35.6 Å². The first-order valence-corrected chi connectivity index (χ1v) is 10.4. The van der Waals surface area contributed by atoms with Gasteiger partial charge in [-0.2, -0.15) is 0 Å². The van der Waals surface area contributed by atoms with Crippen LogP contribution in [0.1, 0.15) is 63.8 Å². The van der Waals surface area contributed by atoms with Crippen LogP contribution < -0.4 is 4.74 Å². The van der Waals surface area contributed by atoms with E-state index in [1.807, 2.05) is 20.8 Å². The zero-order valence-electron chi connectivity index (χ0n) is 18.3. The third-order valence-corrected chi connectivity index (χ3v) is 5.41. The third-order valence-electron chi connectivity index (χ3n) is 5.41. The number of nitrogens with zero attached hydrogens (tertiary/aromatic N) is 2. The lowest BCUT2D eigenvalue weighted by atomic mass is 10.0. The molecule has 0 aromatic heterocycles. The number of carbonyl (C=O) groups is 3. The molecule has 1 aliphatic rings. The summed E-state index contributed by atoms with van der Waals surface area (Å²) in [5.41, 5.74) is 1.53. The summed E-state index contributed by atoms with van der Waals surface area (Å²) >= 11 is 0. The minimum absolute atomic E-state index is 0.141. The van der Waals surface area contributed by atoms with Crippen LogP contribution in [0.2, 0.25) is 0 Å². The van der Waals surface area contributed by atoms with Gasteiger partial charge in [-0.25, -0.2) is 4.39 Å². The van der Waals surface area contributed by atoms with E-state index in [1.54, 1.807) is 23.1 Å². The molecule has 0 fully saturated rings. The van der Waals surface area contributed by atoms with Crippen molar-refractivity contribution in [2.75, 3.05) is 20.2 Å². The summed E-state index contributed by atoms with van der Waals surface area (Å²) in [7, 11) is 1.39. The lowest BCUT2D eigenvalue weighted by Crippen LogP contribution is -2.31. The van der Waals surface area contributed by atoms with Gasteiger partial charge >= 0.3 is 0 Å². The molecule has 0 unspecified atom stereocenters. The molecule has 3 amide bonds. The van der Waals surface area contributed by atoms with Crippen LogP contribution in [0.5, 0.6) is 5.75 Å². The minimum atomic E-state index is -0.494. The summed E-state index contributed by atoms with van der Waals surface area (Å²) < 4.78 is 18.9. The number of halogens is 1. The van der Waals surface area contributed by atoms with Crippen molar-refractivity contribution < 1.29 is 23.5 Å². The number of rotatable bonds is 8. The lowest BCUT2D eigenvalue weighted by molar-refractivity contribution is 0.0647. The molecule has 6 nitrogen and oxygen atoms in total. The van der Waals surface area contributed by atoms with E-state index in [0.29, 0.717) is 35.7 Å². The van der Waals surface area contributed by atoms with Crippen molar-refractivity contribution in [3.05, 3.63) is 64.5 Å². The normalized spacial score (nSPS) is 13.0. The Morgan fingerprint density at radius 3 is 2.42 bits per heavy atom. The van der Waals surface area contributed by atoms with Gasteiger partial charge in [-0.05, 0) is 55.2 Å². The van der Waals surface area contributed by atoms with Crippen molar-refractivity contribution in [2.24, 2.45) is 5.92 Å². The predicted molar refractivity (Wildman–Crippen MR) is 115 cm³/mol. The number of ether oxygens (including phenoxy) is 1. The highest BCUT2D eigenvalue weighted by atomic mass is 19.1. The number of methoxy groups -OCH3 is 1. The highest BCUT2D eigenvalue weighted by molar-refractivity contribution is 6.22. The van der Waals surface area contributed by atoms with Crippen LogP contribution in [0.25, 0.3) is 0 Å². The molecule has 164 valence electrons. The summed E-state index contributed by atoms with van der Waals surface area (Å²) in [4.78, 5) is 41.2. The lowest BCUT2D eigenvalue weighted by Gasteiger charge is -2.21. The molecule has 1 aliphatic heterocycles. The maximum Gasteiger partial charge on any atom is 0.261 e. The Morgan fingerprint density at radius 2 is 1.81 bits per heavy atom. The number of amides is 3. The van der Waals surface area contributed by atoms with Gasteiger partial charge in [-0.3, -0.25) is 19.3 Å². The second kappa shape index (κ2) is 9.29. The average Bonchev–Trinajstić information content (AvgIpc) is 2.99. The summed E-state index contributed by atoms with van der Waals surface area (Å²) in [6, 6.07) is 9.16. The largest absolute Gasteiger partial charge is 0.494 e. The van der Waals surface area contributed by atoms with Gasteiger partial charge in [0.2, 0.25) is 0 Å². The van der Waals surface area contributed by atoms with Crippen LogP contribution in [0.4, 0.5) is 4.39 Å². The van der Waals surface area contributed by atoms with Crippen LogP contribution in [-0.2, 0) is 6.54 Å². The Labute approximate surface area is 181 Å². The molecular formula is C24H27FN2O4. The topological polar surface area (TPSA) is 66.9 Å². The van der Waals surface area contributed by atoms with Crippen molar-refractivity contribution in [3.63, 3.8) is 0 Å². The van der Waals surface area contributed by atoms with Gasteiger partial charge in [0, 0.05) is 25.2 Å². The van der Waals surface area contributed by atoms with Crippen molar-refractivity contribution in [3.8, 4) is 5.75 Å². The van der Waals surface area contributed by atoms with Gasteiger partial charge in [0.25, 0.3) is 17.7 Å². The van der Waals surface area contributed by atoms with E-state index in [1.165, 1.54) is 30.2 Å². The fourth-order valence-corrected chi connectivity index (χ4v) is 3.55. The van der Waals surface area contributed by atoms with Gasteiger partial charge in [-0.15, -0.1) is 0 Å². The van der Waals surface area contributed by atoms with E-state index in [9.17, 15) is 18.8 Å². The van der Waals surface area contributed by atoms with Crippen molar-refractivity contribution in [1.29, 1.82) is 0 Å². The molecule has 1 heterocycles. The molecule has 0 saturated carbocycles. The molecule has 0 aliphatic carbocycles. The average molecular weight is 426 g/mol. The summed E-state index contributed by atoms with van der Waals surface area (Å²) in [5, 5.41) is 0. The predicted octanol–water partition coefficient (Wildman–Crippen LogP) is 4.14. The third kappa shape index (κ3) is 4.60. The van der Waals surface area contributed by atoms with Gasteiger partial charge in [-0.1, -0.05) is 19.9 Å². The molecule has 2 aromatic carbocycles. The molecule has 0 spiro atoms. The van der Waals surface area contributed by atoms with Gasteiger partial charge in [0.05, 0.1) is 18.2 Å². The fraction of sp³-hybridized carbons (Fsp3) is 0.375. The van der Waals surface area contributed by atoms with E-state index >= 15 is 0 Å². The van der Waals surface area contributed by atoms with E-state index in [0.717, 1.165) is 6.42 Å². The van der Waals surface area contributed by atoms with Crippen LogP contribution in [0, 0.1) is 11.7 Å². The summed E-state index contributed by atoms with van der Waals surface area (Å²) in [5.74, 6) is -0.963. The van der Waals surface area contributed by atoms with Crippen molar-refractivity contribution in [1.82, 2.24) is 9.80 Å². The molecule has 0 radical (unpaired) electrons. The Balaban J connectivity index is 1.80. The molecule has 7 heteroatoms. The van der Waals surface area contributed by atoms with Gasteiger partial charge in [0.1, 0.15) is 0 Å². The first-order chi connectivity index (χ1) is 14.8. The monoisotopic (exact) mass is 426 g/mol. The number of benzene rings is 2. The highest BCUT2D eigenvalue weighted by Gasteiger charge is 2.36. The van der Waals surface area contributed by atoms with Crippen LogP contribution in [0.3, 0.4) is 0 Å². The zero-order valence-corrected chi connectivity index (χ0v) is 18.3. The fourth-order valence-electron chi connectivity index (χ4n) is 3.55. The Hall–Kier alpha value is -3.22.